The van der Waals surface area contributed by atoms with Crippen LogP contribution in [0.4, 0.5) is 0 Å². The van der Waals surface area contributed by atoms with Crippen LogP contribution in [-0.4, -0.2) is 24.0 Å². The van der Waals surface area contributed by atoms with E-state index in [4.69, 9.17) is 16.3 Å². The maximum absolute atomic E-state index is 12.2. The fraction of sp³-hybridized carbons (Fsp3) is 0.600. The molecule has 0 bridgehead atoms. The van der Waals surface area contributed by atoms with Crippen LogP contribution in [0.2, 0.25) is 5.02 Å². The molecule has 1 heterocycles. The molecule has 1 fully saturated rings. The van der Waals surface area contributed by atoms with Crippen LogP contribution >= 0.6 is 11.6 Å². The zero-order valence-corrected chi connectivity index (χ0v) is 12.6. The minimum absolute atomic E-state index is 0.220. The molecule has 20 heavy (non-hydrogen) atoms. The third kappa shape index (κ3) is 4.10. The van der Waals surface area contributed by atoms with Crippen molar-refractivity contribution < 1.29 is 9.53 Å². The summed E-state index contributed by atoms with van der Waals surface area (Å²) in [6.07, 6.45) is 6.23. The van der Waals surface area contributed by atoms with Gasteiger partial charge in [-0.3, -0.25) is 4.79 Å². The fourth-order valence-corrected chi connectivity index (χ4v) is 2.71. The van der Waals surface area contributed by atoms with Gasteiger partial charge in [-0.2, -0.15) is 0 Å². The van der Waals surface area contributed by atoms with Crippen LogP contribution in [0.1, 0.15) is 49.5 Å². The molecule has 1 aromatic rings. The number of rotatable bonds is 5. The first-order valence-corrected chi connectivity index (χ1v) is 7.66. The van der Waals surface area contributed by atoms with Gasteiger partial charge in [0.05, 0.1) is 11.6 Å². The molecule has 0 aromatic carbocycles. The first-order valence-electron chi connectivity index (χ1n) is 7.28. The number of pyridine rings is 1. The van der Waals surface area contributed by atoms with E-state index >= 15 is 0 Å². The van der Waals surface area contributed by atoms with Crippen LogP contribution in [0, 0.1) is 5.92 Å². The number of amides is 1. The third-order valence-electron chi connectivity index (χ3n) is 3.60. The fourth-order valence-electron chi connectivity index (χ4n) is 2.52. The van der Waals surface area contributed by atoms with E-state index in [-0.39, 0.29) is 11.6 Å². The molecule has 1 aromatic heterocycles. The molecule has 1 aliphatic rings. The Morgan fingerprint density at radius 2 is 2.15 bits per heavy atom. The molecule has 0 radical (unpaired) electrons. The lowest BCUT2D eigenvalue weighted by Gasteiger charge is -2.21. The highest BCUT2D eigenvalue weighted by molar-refractivity contribution is 6.33. The summed E-state index contributed by atoms with van der Waals surface area (Å²) in [4.78, 5) is 16.3. The number of carbonyl (C=O) groups excluding carboxylic acids is 1. The smallest absolute Gasteiger partial charge is 0.271 e. The number of hydrogen-bond acceptors (Lipinski definition) is 3. The summed E-state index contributed by atoms with van der Waals surface area (Å²) >= 11 is 6.03. The Morgan fingerprint density at radius 1 is 1.40 bits per heavy atom. The summed E-state index contributed by atoms with van der Waals surface area (Å²) < 4.78 is 5.30. The lowest BCUT2D eigenvalue weighted by molar-refractivity contribution is 0.0937. The second-order valence-electron chi connectivity index (χ2n) is 5.13. The molecule has 0 unspecified atom stereocenters. The second-order valence-corrected chi connectivity index (χ2v) is 5.53. The standard InChI is InChI=1S/C15H21ClN2O2/c1-2-20-13-9-8-12(16)14(18-13)15(19)17-10-11-6-4-3-5-7-11/h8-9,11H,2-7,10H2,1H3,(H,17,19). The number of aromatic nitrogens is 1. The maximum atomic E-state index is 12.2. The first-order chi connectivity index (χ1) is 9.70. The number of hydrogen-bond donors (Lipinski definition) is 1. The lowest BCUT2D eigenvalue weighted by atomic mass is 9.89. The molecule has 1 saturated carbocycles. The molecule has 2 rings (SSSR count). The number of nitrogens with one attached hydrogen (secondary N) is 1. The van der Waals surface area contributed by atoms with Gasteiger partial charge in [-0.05, 0) is 31.7 Å². The van der Waals surface area contributed by atoms with Gasteiger partial charge in [0.15, 0.2) is 5.69 Å². The van der Waals surface area contributed by atoms with Crippen LogP contribution in [-0.2, 0) is 0 Å². The van der Waals surface area contributed by atoms with E-state index in [0.29, 0.717) is 30.0 Å². The average molecular weight is 297 g/mol. The largest absolute Gasteiger partial charge is 0.478 e. The summed E-state index contributed by atoms with van der Waals surface area (Å²) in [5.74, 6) is 0.795. The van der Waals surface area contributed by atoms with Crippen molar-refractivity contribution in [1.29, 1.82) is 0 Å². The minimum atomic E-state index is -0.220. The van der Waals surface area contributed by atoms with Gasteiger partial charge >= 0.3 is 0 Å². The van der Waals surface area contributed by atoms with E-state index < -0.39 is 0 Å². The highest BCUT2D eigenvalue weighted by atomic mass is 35.5. The van der Waals surface area contributed by atoms with Crippen molar-refractivity contribution >= 4 is 17.5 Å². The molecular formula is C15H21ClN2O2. The van der Waals surface area contributed by atoms with Crippen LogP contribution in [0.15, 0.2) is 12.1 Å². The minimum Gasteiger partial charge on any atom is -0.478 e. The van der Waals surface area contributed by atoms with E-state index in [0.717, 1.165) is 0 Å². The van der Waals surface area contributed by atoms with Gasteiger partial charge in [-0.1, -0.05) is 30.9 Å². The molecule has 4 nitrogen and oxygen atoms in total. The Labute approximate surface area is 124 Å². The Balaban J connectivity index is 1.95. The second kappa shape index (κ2) is 7.48. The van der Waals surface area contributed by atoms with Gasteiger partial charge in [0, 0.05) is 12.6 Å². The number of carbonyl (C=O) groups is 1. The lowest BCUT2D eigenvalue weighted by Crippen LogP contribution is -2.31. The summed E-state index contributed by atoms with van der Waals surface area (Å²) in [6, 6.07) is 3.32. The molecule has 5 heteroatoms. The van der Waals surface area contributed by atoms with Gasteiger partial charge in [0.2, 0.25) is 5.88 Å². The Kier molecular flexibility index (Phi) is 5.65. The van der Waals surface area contributed by atoms with Crippen molar-refractivity contribution in [3.63, 3.8) is 0 Å². The molecular weight excluding hydrogens is 276 g/mol. The van der Waals surface area contributed by atoms with E-state index in [1.165, 1.54) is 32.1 Å². The van der Waals surface area contributed by atoms with Crippen LogP contribution in [0.25, 0.3) is 0 Å². The van der Waals surface area contributed by atoms with Crippen molar-refractivity contribution in [1.82, 2.24) is 10.3 Å². The van der Waals surface area contributed by atoms with Crippen molar-refractivity contribution in [2.24, 2.45) is 5.92 Å². The zero-order valence-electron chi connectivity index (χ0n) is 11.8. The van der Waals surface area contributed by atoms with Gasteiger partial charge in [0.1, 0.15) is 0 Å². The number of nitrogens with zero attached hydrogens (tertiary/aromatic N) is 1. The van der Waals surface area contributed by atoms with Gasteiger partial charge in [0.25, 0.3) is 5.91 Å². The molecule has 1 aliphatic carbocycles. The highest BCUT2D eigenvalue weighted by Crippen LogP contribution is 2.23. The Hall–Kier alpha value is -1.29. The first kappa shape index (κ1) is 15.1. The van der Waals surface area contributed by atoms with Crippen LogP contribution in [0.5, 0.6) is 5.88 Å². The number of halogens is 1. The third-order valence-corrected chi connectivity index (χ3v) is 3.91. The van der Waals surface area contributed by atoms with Gasteiger partial charge in [-0.25, -0.2) is 4.98 Å². The molecule has 0 saturated heterocycles. The van der Waals surface area contributed by atoms with E-state index in [1.807, 2.05) is 6.92 Å². The molecule has 0 spiro atoms. The normalized spacial score (nSPS) is 15.9. The quantitative estimate of drug-likeness (QED) is 0.905. The molecule has 110 valence electrons. The van der Waals surface area contributed by atoms with Crippen LogP contribution in [0.3, 0.4) is 0 Å². The SMILES string of the molecule is CCOc1ccc(Cl)c(C(=O)NCC2CCCCC2)n1. The van der Waals surface area contributed by atoms with E-state index in [9.17, 15) is 4.79 Å². The highest BCUT2D eigenvalue weighted by Gasteiger charge is 2.17. The maximum Gasteiger partial charge on any atom is 0.271 e. The molecule has 0 atom stereocenters. The van der Waals surface area contributed by atoms with Gasteiger partial charge in [-0.15, -0.1) is 0 Å². The Bertz CT molecular complexity index is 459. The monoisotopic (exact) mass is 296 g/mol. The van der Waals surface area contributed by atoms with Crippen molar-refractivity contribution in [3.8, 4) is 5.88 Å². The predicted octanol–water partition coefficient (Wildman–Crippen LogP) is 3.44. The average Bonchev–Trinajstić information content (AvgIpc) is 2.48. The summed E-state index contributed by atoms with van der Waals surface area (Å²) in [5.41, 5.74) is 0.244. The Morgan fingerprint density at radius 3 is 2.85 bits per heavy atom. The zero-order chi connectivity index (χ0) is 14.4. The van der Waals surface area contributed by atoms with E-state index in [1.54, 1.807) is 12.1 Å². The van der Waals surface area contributed by atoms with Crippen LogP contribution < -0.4 is 10.1 Å². The molecule has 1 N–H and O–H groups in total. The predicted molar refractivity (Wildman–Crippen MR) is 79.3 cm³/mol. The van der Waals surface area contributed by atoms with Crippen molar-refractivity contribution in [2.45, 2.75) is 39.0 Å². The molecule has 1 amide bonds. The van der Waals surface area contributed by atoms with Crippen molar-refractivity contribution in [2.75, 3.05) is 13.2 Å². The summed E-state index contributed by atoms with van der Waals surface area (Å²) in [7, 11) is 0. The van der Waals surface area contributed by atoms with Crippen molar-refractivity contribution in [3.05, 3.63) is 22.8 Å². The summed E-state index contributed by atoms with van der Waals surface area (Å²) in [5, 5.41) is 3.29. The van der Waals surface area contributed by atoms with E-state index in [2.05, 4.69) is 10.3 Å². The molecule has 0 aliphatic heterocycles. The van der Waals surface area contributed by atoms with Gasteiger partial charge < -0.3 is 10.1 Å². The number of ether oxygens (including phenoxy) is 1. The summed E-state index contributed by atoms with van der Waals surface area (Å²) in [6.45, 7) is 3.09. The topological polar surface area (TPSA) is 51.2 Å².